The van der Waals surface area contributed by atoms with Crippen LogP contribution >= 0.6 is 16.1 Å². The van der Waals surface area contributed by atoms with E-state index in [1.54, 1.807) is 24.3 Å². The molecule has 0 bridgehead atoms. The maximum atomic E-state index is 11.2. The van der Waals surface area contributed by atoms with Gasteiger partial charge >= 0.3 is 23.1 Å². The van der Waals surface area contributed by atoms with E-state index >= 15 is 0 Å². The van der Waals surface area contributed by atoms with Crippen molar-refractivity contribution in [3.63, 3.8) is 0 Å². The number of hydrogen-bond acceptors (Lipinski definition) is 4. The van der Waals surface area contributed by atoms with Gasteiger partial charge in [0.1, 0.15) is 0 Å². The summed E-state index contributed by atoms with van der Waals surface area (Å²) < 4.78 is 31.9. The first-order valence-electron chi connectivity index (χ1n) is 3.95. The highest BCUT2D eigenvalue weighted by Gasteiger charge is 2.04. The van der Waals surface area contributed by atoms with Crippen molar-refractivity contribution in [3.05, 3.63) is 24.3 Å². The van der Waals surface area contributed by atoms with E-state index in [1.165, 1.54) is 14.2 Å². The second-order valence-corrected chi connectivity index (χ2v) is 5.68. The Morgan fingerprint density at radius 3 is 1.33 bits per heavy atom. The van der Waals surface area contributed by atoms with Crippen LogP contribution in [0.25, 0.3) is 0 Å². The van der Waals surface area contributed by atoms with E-state index in [1.807, 2.05) is 0 Å². The molecule has 15 heavy (non-hydrogen) atoms. The SMILES string of the molecule is CO[PH](=O)c1ccc([PH](=O)OC)cc1.[MgH2]. The normalized spacial score (nSPS) is 14.0. The van der Waals surface area contributed by atoms with Crippen molar-refractivity contribution in [1.82, 2.24) is 0 Å². The lowest BCUT2D eigenvalue weighted by molar-refractivity contribution is 0.422. The van der Waals surface area contributed by atoms with Gasteiger partial charge in [0, 0.05) is 24.8 Å². The van der Waals surface area contributed by atoms with E-state index in [2.05, 4.69) is 0 Å². The van der Waals surface area contributed by atoms with Gasteiger partial charge in [-0.1, -0.05) is 0 Å². The van der Waals surface area contributed by atoms with Crippen LogP contribution in [-0.4, -0.2) is 37.3 Å². The van der Waals surface area contributed by atoms with Crippen LogP contribution < -0.4 is 10.6 Å². The van der Waals surface area contributed by atoms with E-state index in [4.69, 9.17) is 9.05 Å². The Morgan fingerprint density at radius 1 is 0.867 bits per heavy atom. The third-order valence-corrected chi connectivity index (χ3v) is 4.08. The number of rotatable bonds is 4. The van der Waals surface area contributed by atoms with Crippen molar-refractivity contribution in [2.24, 2.45) is 0 Å². The Labute approximate surface area is 106 Å². The van der Waals surface area contributed by atoms with Crippen molar-refractivity contribution >= 4 is 49.7 Å². The largest absolute Gasteiger partial charge is 0.331 e. The van der Waals surface area contributed by atoms with Crippen LogP contribution in [0.3, 0.4) is 0 Å². The summed E-state index contributed by atoms with van der Waals surface area (Å²) in [5.74, 6) is 0. The van der Waals surface area contributed by atoms with Crippen molar-refractivity contribution in [2.75, 3.05) is 14.2 Å². The molecule has 0 radical (unpaired) electrons. The van der Waals surface area contributed by atoms with Gasteiger partial charge < -0.3 is 9.05 Å². The third-order valence-electron chi connectivity index (χ3n) is 1.73. The molecule has 1 aromatic rings. The molecule has 0 aliphatic heterocycles. The average molecular weight is 260 g/mol. The zero-order chi connectivity index (χ0) is 10.6. The summed E-state index contributed by atoms with van der Waals surface area (Å²) in [4.78, 5) is 0. The van der Waals surface area contributed by atoms with Gasteiger partial charge in [0.25, 0.3) is 0 Å². The van der Waals surface area contributed by atoms with Gasteiger partial charge in [0.2, 0.25) is 16.1 Å². The summed E-state index contributed by atoms with van der Waals surface area (Å²) in [6, 6.07) is 6.56. The Hall–Kier alpha value is 0.366. The first-order valence-corrected chi connectivity index (χ1v) is 6.59. The van der Waals surface area contributed by atoms with E-state index < -0.39 is 16.1 Å². The molecule has 0 amide bonds. The maximum absolute atomic E-state index is 11.2. The molecule has 0 N–H and O–H groups in total. The molecule has 2 atom stereocenters. The fourth-order valence-electron chi connectivity index (χ4n) is 0.978. The van der Waals surface area contributed by atoms with Crippen molar-refractivity contribution in [1.29, 1.82) is 0 Å². The minimum Gasteiger partial charge on any atom is -0.331 e. The van der Waals surface area contributed by atoms with Crippen LogP contribution in [0, 0.1) is 0 Å². The summed E-state index contributed by atoms with van der Waals surface area (Å²) in [5, 5.41) is 1.24. The van der Waals surface area contributed by atoms with Crippen molar-refractivity contribution < 1.29 is 18.2 Å². The van der Waals surface area contributed by atoms with Crippen LogP contribution in [-0.2, 0) is 18.2 Å². The van der Waals surface area contributed by atoms with Gasteiger partial charge in [-0.3, -0.25) is 9.13 Å². The van der Waals surface area contributed by atoms with Crippen molar-refractivity contribution in [3.8, 4) is 0 Å². The lowest BCUT2D eigenvalue weighted by Gasteiger charge is -2.02. The molecular formula is C8H14MgO4P2. The minimum atomic E-state index is -2.14. The average Bonchev–Trinajstić information content (AvgIpc) is 2.27. The van der Waals surface area contributed by atoms with Gasteiger partial charge in [-0.05, 0) is 24.3 Å². The lowest BCUT2D eigenvalue weighted by atomic mass is 10.4. The minimum absolute atomic E-state index is 0. The smallest absolute Gasteiger partial charge is 0.316 e. The second kappa shape index (κ2) is 7.61. The Balaban J connectivity index is 0.00000196. The Bertz CT molecular complexity index is 317. The summed E-state index contributed by atoms with van der Waals surface area (Å²) in [6.45, 7) is 0. The highest BCUT2D eigenvalue weighted by molar-refractivity contribution is 7.49. The van der Waals surface area contributed by atoms with E-state index in [0.717, 1.165) is 0 Å². The first-order chi connectivity index (χ1) is 6.69. The summed E-state index contributed by atoms with van der Waals surface area (Å²) >= 11 is 0. The Morgan fingerprint density at radius 2 is 1.13 bits per heavy atom. The quantitative estimate of drug-likeness (QED) is 0.576. The molecule has 0 spiro atoms. The fraction of sp³-hybridized carbons (Fsp3) is 0.250. The molecule has 0 aliphatic rings. The second-order valence-electron chi connectivity index (χ2n) is 2.56. The van der Waals surface area contributed by atoms with Gasteiger partial charge in [-0.25, -0.2) is 0 Å². The van der Waals surface area contributed by atoms with Crippen LogP contribution in [0.1, 0.15) is 0 Å². The molecule has 0 aromatic heterocycles. The topological polar surface area (TPSA) is 52.6 Å². The van der Waals surface area contributed by atoms with Gasteiger partial charge in [-0.2, -0.15) is 0 Å². The zero-order valence-corrected chi connectivity index (χ0v) is 9.94. The molecule has 2 unspecified atom stereocenters. The molecule has 4 nitrogen and oxygen atoms in total. The highest BCUT2D eigenvalue weighted by Crippen LogP contribution is 2.22. The number of benzene rings is 1. The molecule has 0 saturated heterocycles. The predicted molar refractivity (Wildman–Crippen MR) is 66.3 cm³/mol. The predicted octanol–water partition coefficient (Wildman–Crippen LogP) is 0.263. The third kappa shape index (κ3) is 4.39. The monoisotopic (exact) mass is 260 g/mol. The van der Waals surface area contributed by atoms with Gasteiger partial charge in [0.15, 0.2) is 0 Å². The molecule has 0 saturated carbocycles. The molecule has 0 heterocycles. The summed E-state index contributed by atoms with van der Waals surface area (Å²) in [5.41, 5.74) is 0. The fourth-order valence-corrected chi connectivity index (χ4v) is 2.33. The van der Waals surface area contributed by atoms with Crippen LogP contribution in [0.2, 0.25) is 0 Å². The van der Waals surface area contributed by atoms with Crippen LogP contribution in [0.4, 0.5) is 0 Å². The van der Waals surface area contributed by atoms with Gasteiger partial charge in [-0.15, -0.1) is 0 Å². The van der Waals surface area contributed by atoms with Crippen LogP contribution in [0.15, 0.2) is 24.3 Å². The standard InChI is InChI=1S/C8H12O4P2.Mg.2H/c1-11-13(9)7-3-5-8(6-4-7)14(10)12-2;;;/h3-6,13-14H,1-2H3;;;. The number of hydrogen-bond donors (Lipinski definition) is 0. The Kier molecular flexibility index (Phi) is 7.79. The molecule has 0 fully saturated rings. The molecular weight excluding hydrogens is 246 g/mol. The molecule has 7 heteroatoms. The van der Waals surface area contributed by atoms with Crippen LogP contribution in [0.5, 0.6) is 0 Å². The van der Waals surface area contributed by atoms with E-state index in [9.17, 15) is 9.13 Å². The maximum Gasteiger partial charge on any atom is 0.316 e. The molecule has 82 valence electrons. The molecule has 0 aliphatic carbocycles. The molecule has 1 aromatic carbocycles. The van der Waals surface area contributed by atoms with E-state index in [0.29, 0.717) is 10.6 Å². The van der Waals surface area contributed by atoms with Gasteiger partial charge in [0.05, 0.1) is 0 Å². The van der Waals surface area contributed by atoms with Crippen molar-refractivity contribution in [2.45, 2.75) is 0 Å². The van der Waals surface area contributed by atoms with E-state index in [-0.39, 0.29) is 23.1 Å². The summed E-state index contributed by atoms with van der Waals surface area (Å²) in [6.07, 6.45) is 0. The zero-order valence-electron chi connectivity index (χ0n) is 7.94. The molecule has 1 rings (SSSR count). The summed E-state index contributed by atoms with van der Waals surface area (Å²) in [7, 11) is -1.48. The lowest BCUT2D eigenvalue weighted by Crippen LogP contribution is -2.03. The first kappa shape index (κ1) is 15.4. The highest BCUT2D eigenvalue weighted by atomic mass is 31.1.